The number of carbonyl (C=O) groups is 2. The molecule has 1 aromatic rings. The van der Waals surface area contributed by atoms with Gasteiger partial charge in [-0.05, 0) is 47.0 Å². The van der Waals surface area contributed by atoms with Crippen LogP contribution in [0.3, 0.4) is 0 Å². The van der Waals surface area contributed by atoms with Gasteiger partial charge < -0.3 is 15.7 Å². The van der Waals surface area contributed by atoms with E-state index in [0.29, 0.717) is 41.7 Å². The Morgan fingerprint density at radius 3 is 2.47 bits per heavy atom. The molecule has 1 heterocycles. The molecule has 1 aromatic carbocycles. The van der Waals surface area contributed by atoms with Crippen molar-refractivity contribution in [3.05, 3.63) is 28.2 Å². The minimum absolute atomic E-state index is 0.0791. The molecule has 2 rings (SSSR count). The van der Waals surface area contributed by atoms with Gasteiger partial charge in [0.25, 0.3) is 5.91 Å². The van der Waals surface area contributed by atoms with Gasteiger partial charge in [-0.25, -0.2) is 0 Å². The molecule has 0 aliphatic carbocycles. The number of nitrogens with zero attached hydrogens (tertiary/aromatic N) is 1. The molecule has 1 aliphatic heterocycles. The number of nitrogen functional groups attached to an aromatic ring is 1. The lowest BCUT2D eigenvalue weighted by molar-refractivity contribution is -0.143. The summed E-state index contributed by atoms with van der Waals surface area (Å²) in [6, 6.07) is 5.06. The third-order valence-corrected chi connectivity index (χ3v) is 4.07. The normalized spacial score (nSPS) is 16.4. The van der Waals surface area contributed by atoms with Crippen LogP contribution in [0, 0.1) is 5.92 Å². The molecule has 1 amide bonds. The first-order valence-corrected chi connectivity index (χ1v) is 6.85. The van der Waals surface area contributed by atoms with E-state index in [0.717, 1.165) is 0 Å². The van der Waals surface area contributed by atoms with Crippen molar-refractivity contribution in [1.29, 1.82) is 0 Å². The molecule has 1 fully saturated rings. The predicted octanol–water partition coefficient (Wildman–Crippen LogP) is 1.97. The summed E-state index contributed by atoms with van der Waals surface area (Å²) < 4.78 is 0.693. The highest BCUT2D eigenvalue weighted by molar-refractivity contribution is 9.10. The number of anilines is 1. The average molecular weight is 327 g/mol. The Kier molecular flexibility index (Phi) is 4.09. The zero-order valence-corrected chi connectivity index (χ0v) is 11.9. The second kappa shape index (κ2) is 5.61. The standard InChI is InChI=1S/C13H15BrN2O3/c14-10-7-9(1-2-11(10)15)12(17)16-5-3-8(4-6-16)13(18)19/h1-2,7-8H,3-6,15H2,(H,18,19). The number of hydrogen-bond donors (Lipinski definition) is 2. The topological polar surface area (TPSA) is 83.6 Å². The maximum absolute atomic E-state index is 12.3. The molecule has 0 unspecified atom stereocenters. The van der Waals surface area contributed by atoms with Crippen LogP contribution in [0.15, 0.2) is 22.7 Å². The van der Waals surface area contributed by atoms with E-state index in [-0.39, 0.29) is 11.8 Å². The van der Waals surface area contributed by atoms with Gasteiger partial charge in [-0.15, -0.1) is 0 Å². The van der Waals surface area contributed by atoms with Crippen molar-refractivity contribution in [1.82, 2.24) is 4.90 Å². The lowest BCUT2D eigenvalue weighted by Crippen LogP contribution is -2.40. The highest BCUT2D eigenvalue weighted by Gasteiger charge is 2.27. The maximum atomic E-state index is 12.3. The molecule has 1 aliphatic rings. The first-order chi connectivity index (χ1) is 8.99. The first-order valence-electron chi connectivity index (χ1n) is 6.06. The number of amides is 1. The van der Waals surface area contributed by atoms with Gasteiger partial charge in [-0.1, -0.05) is 0 Å². The van der Waals surface area contributed by atoms with Crippen LogP contribution in [-0.4, -0.2) is 35.0 Å². The fourth-order valence-electron chi connectivity index (χ4n) is 2.17. The third kappa shape index (κ3) is 3.07. The van der Waals surface area contributed by atoms with Crippen LogP contribution in [0.25, 0.3) is 0 Å². The van der Waals surface area contributed by atoms with Crippen molar-refractivity contribution in [2.45, 2.75) is 12.8 Å². The van der Waals surface area contributed by atoms with Crippen LogP contribution in [-0.2, 0) is 4.79 Å². The molecule has 1 saturated heterocycles. The predicted molar refractivity (Wildman–Crippen MR) is 74.8 cm³/mol. The quantitative estimate of drug-likeness (QED) is 0.814. The number of halogens is 1. The molecule has 19 heavy (non-hydrogen) atoms. The van der Waals surface area contributed by atoms with E-state index in [1.807, 2.05) is 0 Å². The van der Waals surface area contributed by atoms with Gasteiger partial charge in [0.1, 0.15) is 0 Å². The number of carboxylic acid groups (broad SMARTS) is 1. The monoisotopic (exact) mass is 326 g/mol. The van der Waals surface area contributed by atoms with Crippen molar-refractivity contribution in [3.63, 3.8) is 0 Å². The van der Waals surface area contributed by atoms with Gasteiger partial charge in [0, 0.05) is 28.8 Å². The van der Waals surface area contributed by atoms with Gasteiger partial charge in [-0.2, -0.15) is 0 Å². The number of piperidine rings is 1. The number of rotatable bonds is 2. The Morgan fingerprint density at radius 1 is 1.32 bits per heavy atom. The summed E-state index contributed by atoms with van der Waals surface area (Å²) in [4.78, 5) is 24.8. The van der Waals surface area contributed by atoms with E-state index < -0.39 is 5.97 Å². The molecule has 5 nitrogen and oxygen atoms in total. The highest BCUT2D eigenvalue weighted by Crippen LogP contribution is 2.23. The molecule has 0 atom stereocenters. The van der Waals surface area contributed by atoms with E-state index in [2.05, 4.69) is 15.9 Å². The zero-order valence-electron chi connectivity index (χ0n) is 10.3. The summed E-state index contributed by atoms with van der Waals surface area (Å²) in [5, 5.41) is 8.92. The molecule has 102 valence electrons. The number of carboxylic acids is 1. The third-order valence-electron chi connectivity index (χ3n) is 3.38. The summed E-state index contributed by atoms with van der Waals surface area (Å²) >= 11 is 3.29. The van der Waals surface area contributed by atoms with Crippen molar-refractivity contribution in [2.24, 2.45) is 5.92 Å². The van der Waals surface area contributed by atoms with Crippen LogP contribution >= 0.6 is 15.9 Å². The SMILES string of the molecule is Nc1ccc(C(=O)N2CCC(C(=O)O)CC2)cc1Br. The molecule has 0 radical (unpaired) electrons. The Balaban J connectivity index is 2.05. The highest BCUT2D eigenvalue weighted by atomic mass is 79.9. The van der Waals surface area contributed by atoms with Crippen LogP contribution < -0.4 is 5.73 Å². The number of nitrogens with two attached hydrogens (primary N) is 1. The van der Waals surface area contributed by atoms with Crippen LogP contribution in [0.1, 0.15) is 23.2 Å². The molecule has 6 heteroatoms. The van der Waals surface area contributed by atoms with Crippen molar-refractivity contribution in [2.75, 3.05) is 18.8 Å². The van der Waals surface area contributed by atoms with E-state index in [9.17, 15) is 9.59 Å². The van der Waals surface area contributed by atoms with Gasteiger partial charge in [0.2, 0.25) is 0 Å². The molecule has 0 aromatic heterocycles. The molecule has 0 spiro atoms. The summed E-state index contributed by atoms with van der Waals surface area (Å²) in [7, 11) is 0. The van der Waals surface area contributed by atoms with Crippen molar-refractivity contribution < 1.29 is 14.7 Å². The number of carbonyl (C=O) groups excluding carboxylic acids is 1. The van der Waals surface area contributed by atoms with E-state index >= 15 is 0 Å². The lowest BCUT2D eigenvalue weighted by atomic mass is 9.96. The number of hydrogen-bond acceptors (Lipinski definition) is 3. The summed E-state index contributed by atoms with van der Waals surface area (Å²) in [5.74, 6) is -1.19. The van der Waals surface area contributed by atoms with E-state index in [1.165, 1.54) is 0 Å². The van der Waals surface area contributed by atoms with Crippen molar-refractivity contribution >= 4 is 33.5 Å². The summed E-state index contributed by atoms with van der Waals surface area (Å²) in [6.07, 6.45) is 1.02. The minimum Gasteiger partial charge on any atom is -0.481 e. The molecule has 0 saturated carbocycles. The minimum atomic E-state index is -0.776. The summed E-state index contributed by atoms with van der Waals surface area (Å²) in [6.45, 7) is 0.968. The second-order valence-electron chi connectivity index (χ2n) is 4.64. The number of aliphatic carboxylic acids is 1. The molecule has 0 bridgehead atoms. The van der Waals surface area contributed by atoms with E-state index in [4.69, 9.17) is 10.8 Å². The van der Waals surface area contributed by atoms with Gasteiger partial charge >= 0.3 is 5.97 Å². The molecular formula is C13H15BrN2O3. The van der Waals surface area contributed by atoms with Crippen LogP contribution in [0.4, 0.5) is 5.69 Å². The van der Waals surface area contributed by atoms with Crippen LogP contribution in [0.5, 0.6) is 0 Å². The second-order valence-corrected chi connectivity index (χ2v) is 5.50. The maximum Gasteiger partial charge on any atom is 0.306 e. The summed E-state index contributed by atoms with van der Waals surface area (Å²) in [5.41, 5.74) is 6.83. The zero-order chi connectivity index (χ0) is 14.0. The Labute approximate surface area is 119 Å². The Hall–Kier alpha value is -1.56. The fourth-order valence-corrected chi connectivity index (χ4v) is 2.55. The van der Waals surface area contributed by atoms with E-state index in [1.54, 1.807) is 23.1 Å². The fraction of sp³-hybridized carbons (Fsp3) is 0.385. The number of likely N-dealkylation sites (tertiary alicyclic amines) is 1. The van der Waals surface area contributed by atoms with Crippen molar-refractivity contribution in [3.8, 4) is 0 Å². The van der Waals surface area contributed by atoms with Gasteiger partial charge in [-0.3, -0.25) is 9.59 Å². The van der Waals surface area contributed by atoms with Crippen LogP contribution in [0.2, 0.25) is 0 Å². The van der Waals surface area contributed by atoms with Gasteiger partial charge in [0.15, 0.2) is 0 Å². The number of benzene rings is 1. The Bertz CT molecular complexity index is 511. The largest absolute Gasteiger partial charge is 0.481 e. The molecule has 3 N–H and O–H groups in total. The lowest BCUT2D eigenvalue weighted by Gasteiger charge is -2.30. The Morgan fingerprint density at radius 2 is 1.95 bits per heavy atom. The average Bonchev–Trinajstić information content (AvgIpc) is 2.41. The smallest absolute Gasteiger partial charge is 0.306 e. The molecular weight excluding hydrogens is 312 g/mol. The van der Waals surface area contributed by atoms with Gasteiger partial charge in [0.05, 0.1) is 5.92 Å². The first kappa shape index (κ1) is 13.9.